The second kappa shape index (κ2) is 14.7. The molecule has 0 fully saturated rings. The van der Waals surface area contributed by atoms with Crippen LogP contribution in [0, 0.1) is 27.7 Å². The van der Waals surface area contributed by atoms with Crippen molar-refractivity contribution in [1.29, 1.82) is 0 Å². The summed E-state index contributed by atoms with van der Waals surface area (Å²) in [5, 5.41) is 10.6. The van der Waals surface area contributed by atoms with Crippen molar-refractivity contribution < 1.29 is 34.8 Å². The van der Waals surface area contributed by atoms with Gasteiger partial charge in [-0.25, -0.2) is 9.59 Å². The van der Waals surface area contributed by atoms with Crippen LogP contribution in [0.1, 0.15) is 22.3 Å². The van der Waals surface area contributed by atoms with Gasteiger partial charge in [0.15, 0.2) is 0 Å². The van der Waals surface area contributed by atoms with Crippen molar-refractivity contribution in [3.63, 3.8) is 0 Å². The zero-order valence-corrected chi connectivity index (χ0v) is 29.1. The third-order valence-electron chi connectivity index (χ3n) is 7.25. The van der Waals surface area contributed by atoms with Crippen molar-refractivity contribution in [1.82, 2.24) is 0 Å². The molecule has 0 aliphatic carbocycles. The fourth-order valence-electron chi connectivity index (χ4n) is 4.82. The minimum absolute atomic E-state index is 0.000195. The average Bonchev–Trinajstić information content (AvgIpc) is 3.04. The van der Waals surface area contributed by atoms with Gasteiger partial charge >= 0.3 is 32.3 Å². The molecule has 50 heavy (non-hydrogen) atoms. The fraction of sp³-hybridized carbons (Fsp3) is 0.111. The van der Waals surface area contributed by atoms with Gasteiger partial charge in [-0.15, -0.1) is 0 Å². The molecule has 0 saturated heterocycles. The summed E-state index contributed by atoms with van der Waals surface area (Å²) >= 11 is 0. The van der Waals surface area contributed by atoms with Gasteiger partial charge < -0.3 is 29.6 Å². The van der Waals surface area contributed by atoms with Crippen molar-refractivity contribution >= 4 is 55.0 Å². The Hall–Kier alpha value is -5.86. The molecule has 5 aromatic rings. The molecule has 0 unspecified atom stereocenters. The molecule has 0 saturated carbocycles. The van der Waals surface area contributed by atoms with Gasteiger partial charge in [-0.3, -0.25) is 0 Å². The number of hydrogen-bond acceptors (Lipinski definition) is 8. The summed E-state index contributed by atoms with van der Waals surface area (Å²) in [5.41, 5.74) is 3.60. The Morgan fingerprint density at radius 2 is 0.880 bits per heavy atom. The Kier molecular flexibility index (Phi) is 10.4. The highest BCUT2D eigenvalue weighted by Gasteiger charge is 2.21. The number of nitrogens with one attached hydrogen (secondary N) is 4. The van der Waals surface area contributed by atoms with Crippen LogP contribution < -0.4 is 29.6 Å². The summed E-state index contributed by atoms with van der Waals surface area (Å²) in [4.78, 5) is 26.0. The first-order valence-corrected chi connectivity index (χ1v) is 18.0. The first-order chi connectivity index (χ1) is 23.7. The summed E-state index contributed by atoms with van der Waals surface area (Å²) in [6.45, 7) is 6.90. The van der Waals surface area contributed by atoms with E-state index >= 15 is 0 Å². The molecule has 4 amide bonds. The molecule has 0 bridgehead atoms. The SMILES string of the molecule is Cc1ccc(C)c(S(=O)(=O)Oc2cccc(NC(=O)Nc3ccccc3NC(=O)Nc3cccc(OS(=O)(=O)c4cc(C)ccc4C)c3)c2)c1. The lowest BCUT2D eigenvalue weighted by atomic mass is 10.2. The number of benzene rings is 5. The van der Waals surface area contributed by atoms with E-state index in [1.54, 1.807) is 88.4 Å². The van der Waals surface area contributed by atoms with Crippen LogP contribution in [0.2, 0.25) is 0 Å². The van der Waals surface area contributed by atoms with Gasteiger partial charge in [0.1, 0.15) is 21.3 Å². The number of hydrogen-bond donors (Lipinski definition) is 4. The van der Waals surface area contributed by atoms with Crippen LogP contribution in [0.15, 0.2) is 119 Å². The molecule has 0 aromatic heterocycles. The van der Waals surface area contributed by atoms with Crippen molar-refractivity contribution in [2.45, 2.75) is 37.5 Å². The Morgan fingerprint density at radius 3 is 1.28 bits per heavy atom. The highest BCUT2D eigenvalue weighted by atomic mass is 32.2. The number of anilines is 4. The highest BCUT2D eigenvalue weighted by molar-refractivity contribution is 7.87. The second-order valence-corrected chi connectivity index (χ2v) is 14.4. The van der Waals surface area contributed by atoms with Gasteiger partial charge in [0.05, 0.1) is 11.4 Å². The molecule has 5 rings (SSSR count). The third-order valence-corrected chi connectivity index (χ3v) is 10.0. The molecule has 0 aliphatic rings. The van der Waals surface area contributed by atoms with E-state index in [4.69, 9.17) is 8.37 Å². The summed E-state index contributed by atoms with van der Waals surface area (Å²) in [7, 11) is -8.27. The molecule has 0 spiro atoms. The largest absolute Gasteiger partial charge is 0.379 e. The monoisotopic (exact) mass is 714 g/mol. The van der Waals surface area contributed by atoms with Crippen molar-refractivity contribution in [3.8, 4) is 11.5 Å². The molecule has 0 heterocycles. The van der Waals surface area contributed by atoms with Crippen molar-refractivity contribution in [2.75, 3.05) is 21.3 Å². The Bertz CT molecular complexity index is 2150. The minimum atomic E-state index is -4.13. The number of aryl methyl sites for hydroxylation is 4. The predicted molar refractivity (Wildman–Crippen MR) is 192 cm³/mol. The predicted octanol–water partition coefficient (Wildman–Crippen LogP) is 7.74. The molecule has 258 valence electrons. The van der Waals surface area contributed by atoms with Gasteiger partial charge in [0.2, 0.25) is 0 Å². The van der Waals surface area contributed by atoms with Crippen molar-refractivity contribution in [2.24, 2.45) is 0 Å². The molecule has 4 N–H and O–H groups in total. The summed E-state index contributed by atoms with van der Waals surface area (Å²) < 4.78 is 62.5. The fourth-order valence-corrected chi connectivity index (χ4v) is 7.30. The summed E-state index contributed by atoms with van der Waals surface area (Å²) in [5.74, 6) is -0.000390. The van der Waals surface area contributed by atoms with E-state index in [9.17, 15) is 26.4 Å². The number of carbonyl (C=O) groups is 2. The maximum absolute atomic E-state index is 12.9. The maximum Gasteiger partial charge on any atom is 0.339 e. The number of para-hydroxylation sites is 2. The van der Waals surface area contributed by atoms with E-state index in [1.807, 2.05) is 0 Å². The number of urea groups is 2. The number of rotatable bonds is 10. The van der Waals surface area contributed by atoms with Crippen LogP contribution in [0.25, 0.3) is 0 Å². The molecular weight excluding hydrogens is 681 g/mol. The van der Waals surface area contributed by atoms with Crippen LogP contribution in [-0.2, 0) is 20.2 Å². The van der Waals surface area contributed by atoms with E-state index in [0.29, 0.717) is 11.1 Å². The Balaban J connectivity index is 1.21. The van der Waals surface area contributed by atoms with E-state index in [1.165, 1.54) is 48.5 Å². The Morgan fingerprint density at radius 1 is 0.480 bits per heavy atom. The second-order valence-electron chi connectivity index (χ2n) is 11.4. The van der Waals surface area contributed by atoms with Gasteiger partial charge in [-0.2, -0.15) is 16.8 Å². The molecule has 0 aliphatic heterocycles. The van der Waals surface area contributed by atoms with Gasteiger partial charge in [0.25, 0.3) is 0 Å². The average molecular weight is 715 g/mol. The van der Waals surface area contributed by atoms with E-state index in [2.05, 4.69) is 21.3 Å². The lowest BCUT2D eigenvalue weighted by Crippen LogP contribution is -2.23. The standard InChI is InChI=1S/C36H34N4O8S2/c1-23-15-17-25(3)33(19-23)49(43,44)47-29-11-7-9-27(21-29)37-35(41)39-31-13-5-6-14-32(31)40-36(42)38-28-10-8-12-30(22-28)48-50(45,46)34-20-24(2)16-18-26(34)4/h5-22H,1-4H3,(H2,37,39,41)(H2,38,40,42). The normalized spacial score (nSPS) is 11.3. The molecule has 0 atom stereocenters. The van der Waals surface area contributed by atoms with Gasteiger partial charge in [-0.1, -0.05) is 48.5 Å². The maximum atomic E-state index is 12.9. The van der Waals surface area contributed by atoms with Crippen LogP contribution in [0.5, 0.6) is 11.5 Å². The van der Waals surface area contributed by atoms with Gasteiger partial charge in [-0.05, 0) is 98.5 Å². The van der Waals surface area contributed by atoms with Crippen LogP contribution >= 0.6 is 0 Å². The zero-order valence-electron chi connectivity index (χ0n) is 27.5. The molecule has 14 heteroatoms. The quantitative estimate of drug-likeness (QED) is 0.107. The minimum Gasteiger partial charge on any atom is -0.379 e. The van der Waals surface area contributed by atoms with Crippen LogP contribution in [-0.4, -0.2) is 28.9 Å². The number of carbonyl (C=O) groups excluding carboxylic acids is 2. The molecule has 5 aromatic carbocycles. The Labute approximate surface area is 290 Å². The summed E-state index contributed by atoms with van der Waals surface area (Å²) in [6.07, 6.45) is 0. The first kappa shape index (κ1) is 35.4. The third kappa shape index (κ3) is 8.98. The lowest BCUT2D eigenvalue weighted by Gasteiger charge is -2.15. The first-order valence-electron chi connectivity index (χ1n) is 15.2. The summed E-state index contributed by atoms with van der Waals surface area (Å²) in [6, 6.07) is 27.0. The smallest absolute Gasteiger partial charge is 0.339 e. The van der Waals surface area contributed by atoms with E-state index < -0.39 is 32.3 Å². The van der Waals surface area contributed by atoms with Gasteiger partial charge in [0, 0.05) is 23.5 Å². The molecule has 12 nitrogen and oxygen atoms in total. The molecule has 0 radical (unpaired) electrons. The van der Waals surface area contributed by atoms with Crippen molar-refractivity contribution in [3.05, 3.63) is 131 Å². The van der Waals surface area contributed by atoms with E-state index in [0.717, 1.165) is 11.1 Å². The highest BCUT2D eigenvalue weighted by Crippen LogP contribution is 2.27. The zero-order chi connectivity index (χ0) is 36.1. The van der Waals surface area contributed by atoms with E-state index in [-0.39, 0.29) is 44.0 Å². The number of amides is 4. The lowest BCUT2D eigenvalue weighted by molar-refractivity contribution is 0.261. The molecular formula is C36H34N4O8S2. The van der Waals surface area contributed by atoms with Crippen LogP contribution in [0.3, 0.4) is 0 Å². The topological polar surface area (TPSA) is 169 Å². The van der Waals surface area contributed by atoms with Crippen LogP contribution in [0.4, 0.5) is 32.3 Å².